The molecular weight excluding hydrogens is 208 g/mol. The number of hydrogen-bond donors (Lipinski definition) is 3. The number of rotatable bonds is 4. The number of anilines is 1. The second-order valence-electron chi connectivity index (χ2n) is 3.48. The number of hydrogen-bond acceptors (Lipinski definition) is 5. The predicted molar refractivity (Wildman–Crippen MR) is 60.5 cm³/mol. The molecule has 0 bridgehead atoms. The van der Waals surface area contributed by atoms with Crippen LogP contribution in [0.1, 0.15) is 12.2 Å². The van der Waals surface area contributed by atoms with Crippen molar-refractivity contribution in [1.29, 1.82) is 0 Å². The molecular formula is C9H14N6O. The van der Waals surface area contributed by atoms with Crippen molar-refractivity contribution in [2.75, 3.05) is 18.4 Å². The van der Waals surface area contributed by atoms with E-state index in [0.29, 0.717) is 23.8 Å². The fourth-order valence-corrected chi connectivity index (χ4v) is 1.51. The van der Waals surface area contributed by atoms with Crippen molar-refractivity contribution < 1.29 is 0 Å². The molecule has 16 heavy (non-hydrogen) atoms. The van der Waals surface area contributed by atoms with Crippen molar-refractivity contribution in [3.8, 4) is 0 Å². The standard InChI is InChI=1S/C9H14N6O/c1-6-12-7(11-4-2-3-10)5-8-13-14-9(16)15(6)8/h5,11H,2-4,10H2,1H3,(H,14,16). The molecule has 0 saturated heterocycles. The Morgan fingerprint density at radius 2 is 2.44 bits per heavy atom. The van der Waals surface area contributed by atoms with Crippen LogP contribution in [0, 0.1) is 6.92 Å². The zero-order chi connectivity index (χ0) is 11.5. The summed E-state index contributed by atoms with van der Waals surface area (Å²) in [5.74, 6) is 1.31. The highest BCUT2D eigenvalue weighted by molar-refractivity contribution is 5.49. The first-order valence-corrected chi connectivity index (χ1v) is 5.11. The van der Waals surface area contributed by atoms with Gasteiger partial charge in [0.05, 0.1) is 0 Å². The highest BCUT2D eigenvalue weighted by Gasteiger charge is 2.05. The van der Waals surface area contributed by atoms with Gasteiger partial charge in [-0.2, -0.15) is 5.10 Å². The molecule has 7 heteroatoms. The lowest BCUT2D eigenvalue weighted by Gasteiger charge is -2.05. The number of nitrogens with two attached hydrogens (primary N) is 1. The van der Waals surface area contributed by atoms with Crippen LogP contribution >= 0.6 is 0 Å². The molecule has 86 valence electrons. The van der Waals surface area contributed by atoms with E-state index in [1.165, 1.54) is 4.40 Å². The van der Waals surface area contributed by atoms with Crippen LogP contribution in [0.3, 0.4) is 0 Å². The molecule has 0 fully saturated rings. The highest BCUT2D eigenvalue weighted by Crippen LogP contribution is 2.07. The van der Waals surface area contributed by atoms with Crippen molar-refractivity contribution >= 4 is 11.5 Å². The van der Waals surface area contributed by atoms with Gasteiger partial charge in [0, 0.05) is 12.6 Å². The first-order valence-electron chi connectivity index (χ1n) is 5.11. The van der Waals surface area contributed by atoms with Gasteiger partial charge in [0.25, 0.3) is 0 Å². The van der Waals surface area contributed by atoms with Crippen molar-refractivity contribution in [2.45, 2.75) is 13.3 Å². The SMILES string of the molecule is Cc1nc(NCCCN)cc2n[nH]c(=O)n12. The molecule has 2 aromatic heterocycles. The quantitative estimate of drug-likeness (QED) is 0.605. The maximum atomic E-state index is 11.3. The summed E-state index contributed by atoms with van der Waals surface area (Å²) in [7, 11) is 0. The summed E-state index contributed by atoms with van der Waals surface area (Å²) < 4.78 is 1.42. The van der Waals surface area contributed by atoms with Crippen LogP contribution in [0.2, 0.25) is 0 Å². The number of aryl methyl sites for hydroxylation is 1. The van der Waals surface area contributed by atoms with Crippen LogP contribution in [0.5, 0.6) is 0 Å². The number of aromatic nitrogens is 4. The van der Waals surface area contributed by atoms with E-state index in [2.05, 4.69) is 20.5 Å². The van der Waals surface area contributed by atoms with E-state index in [1.54, 1.807) is 13.0 Å². The van der Waals surface area contributed by atoms with Crippen molar-refractivity contribution in [2.24, 2.45) is 5.73 Å². The van der Waals surface area contributed by atoms with Crippen LogP contribution in [0.15, 0.2) is 10.9 Å². The molecule has 2 aromatic rings. The van der Waals surface area contributed by atoms with Crippen LogP contribution in [0.4, 0.5) is 5.82 Å². The second kappa shape index (κ2) is 4.31. The van der Waals surface area contributed by atoms with E-state index < -0.39 is 0 Å². The Morgan fingerprint density at radius 3 is 3.19 bits per heavy atom. The maximum absolute atomic E-state index is 11.3. The smallest absolute Gasteiger partial charge is 0.349 e. The Kier molecular flexibility index (Phi) is 2.86. The third-order valence-corrected chi connectivity index (χ3v) is 2.26. The van der Waals surface area contributed by atoms with E-state index in [0.717, 1.165) is 13.0 Å². The second-order valence-corrected chi connectivity index (χ2v) is 3.48. The number of nitrogens with zero attached hydrogens (tertiary/aromatic N) is 3. The van der Waals surface area contributed by atoms with Gasteiger partial charge in [-0.25, -0.2) is 19.3 Å². The molecule has 2 rings (SSSR count). The predicted octanol–water partition coefficient (Wildman–Crippen LogP) is -0.513. The third-order valence-electron chi connectivity index (χ3n) is 2.26. The number of H-pyrrole nitrogens is 1. The molecule has 0 saturated carbocycles. The fourth-order valence-electron chi connectivity index (χ4n) is 1.51. The van der Waals surface area contributed by atoms with Gasteiger partial charge in [-0.1, -0.05) is 0 Å². The number of nitrogens with one attached hydrogen (secondary N) is 2. The highest BCUT2D eigenvalue weighted by atomic mass is 16.1. The molecule has 0 aliphatic heterocycles. The summed E-state index contributed by atoms with van der Waals surface area (Å²) in [5.41, 5.74) is 5.69. The first kappa shape index (κ1) is 10.6. The summed E-state index contributed by atoms with van der Waals surface area (Å²) in [6.45, 7) is 3.15. The third kappa shape index (κ3) is 1.89. The molecule has 0 aliphatic rings. The van der Waals surface area contributed by atoms with Crippen LogP contribution < -0.4 is 16.7 Å². The van der Waals surface area contributed by atoms with Crippen molar-refractivity contribution in [3.05, 3.63) is 22.4 Å². The topological polar surface area (TPSA) is 101 Å². The summed E-state index contributed by atoms with van der Waals surface area (Å²) in [4.78, 5) is 15.6. The van der Waals surface area contributed by atoms with E-state index in [1.807, 2.05) is 0 Å². The van der Waals surface area contributed by atoms with Crippen LogP contribution in [-0.4, -0.2) is 32.7 Å². The molecule has 4 N–H and O–H groups in total. The minimum Gasteiger partial charge on any atom is -0.370 e. The summed E-state index contributed by atoms with van der Waals surface area (Å²) in [6.07, 6.45) is 0.874. The van der Waals surface area contributed by atoms with Gasteiger partial charge in [0.15, 0.2) is 5.65 Å². The molecule has 0 aliphatic carbocycles. The van der Waals surface area contributed by atoms with Gasteiger partial charge in [-0.3, -0.25) is 0 Å². The lowest BCUT2D eigenvalue weighted by atomic mass is 10.4. The average Bonchev–Trinajstić information content (AvgIpc) is 2.61. The Balaban J connectivity index is 2.32. The number of aromatic amines is 1. The minimum atomic E-state index is -0.270. The summed E-state index contributed by atoms with van der Waals surface area (Å²) >= 11 is 0. The summed E-state index contributed by atoms with van der Waals surface area (Å²) in [6, 6.07) is 1.72. The Labute approximate surface area is 91.7 Å². The molecule has 0 aromatic carbocycles. The maximum Gasteiger partial charge on any atom is 0.349 e. The van der Waals surface area contributed by atoms with E-state index >= 15 is 0 Å². The van der Waals surface area contributed by atoms with E-state index in [4.69, 9.17) is 5.73 Å². The molecule has 0 spiro atoms. The van der Waals surface area contributed by atoms with Gasteiger partial charge >= 0.3 is 5.69 Å². The lowest BCUT2D eigenvalue weighted by Crippen LogP contribution is -2.15. The molecule has 7 nitrogen and oxygen atoms in total. The van der Waals surface area contributed by atoms with Crippen molar-refractivity contribution in [1.82, 2.24) is 19.6 Å². The zero-order valence-electron chi connectivity index (χ0n) is 9.03. The Hall–Kier alpha value is -1.89. The zero-order valence-corrected chi connectivity index (χ0v) is 9.03. The van der Waals surface area contributed by atoms with Crippen molar-refractivity contribution in [3.63, 3.8) is 0 Å². The normalized spacial score (nSPS) is 10.9. The lowest BCUT2D eigenvalue weighted by molar-refractivity contribution is 0.863. The van der Waals surface area contributed by atoms with Crippen LogP contribution in [0.25, 0.3) is 5.65 Å². The van der Waals surface area contributed by atoms with Crippen LogP contribution in [-0.2, 0) is 0 Å². The monoisotopic (exact) mass is 222 g/mol. The minimum absolute atomic E-state index is 0.270. The van der Waals surface area contributed by atoms with Gasteiger partial charge in [-0.15, -0.1) is 0 Å². The molecule has 2 heterocycles. The van der Waals surface area contributed by atoms with E-state index in [9.17, 15) is 4.79 Å². The Bertz CT molecular complexity index is 542. The van der Waals surface area contributed by atoms with Gasteiger partial charge in [0.1, 0.15) is 11.6 Å². The van der Waals surface area contributed by atoms with Gasteiger partial charge < -0.3 is 11.1 Å². The van der Waals surface area contributed by atoms with Gasteiger partial charge in [-0.05, 0) is 19.9 Å². The van der Waals surface area contributed by atoms with Gasteiger partial charge in [0.2, 0.25) is 0 Å². The average molecular weight is 222 g/mol. The molecule has 0 unspecified atom stereocenters. The first-order chi connectivity index (χ1) is 7.72. The van der Waals surface area contributed by atoms with E-state index in [-0.39, 0.29) is 5.69 Å². The fraction of sp³-hybridized carbons (Fsp3) is 0.444. The largest absolute Gasteiger partial charge is 0.370 e. The molecule has 0 atom stereocenters. The number of fused-ring (bicyclic) bond motifs is 1. The Morgan fingerprint density at radius 1 is 1.62 bits per heavy atom. The summed E-state index contributed by atoms with van der Waals surface area (Å²) in [5, 5.41) is 9.40. The molecule has 0 amide bonds. The molecule has 0 radical (unpaired) electrons.